The SMILES string of the molecule is CC(Oc1ccccc1F)C(=O)NNC(=O)c1oc2ccccc2c1CSc1cccs1. The Bertz CT molecular complexity index is 1240. The van der Waals surface area contributed by atoms with Crippen LogP contribution in [0.15, 0.2) is 74.7 Å². The molecule has 0 bridgehead atoms. The van der Waals surface area contributed by atoms with E-state index in [4.69, 9.17) is 9.15 Å². The van der Waals surface area contributed by atoms with Crippen LogP contribution in [0, 0.1) is 5.82 Å². The Morgan fingerprint density at radius 1 is 1.09 bits per heavy atom. The number of halogens is 1. The second-order valence-corrected chi connectivity index (χ2v) is 8.98. The van der Waals surface area contributed by atoms with Crippen LogP contribution >= 0.6 is 23.1 Å². The molecule has 1 unspecified atom stereocenters. The number of carbonyl (C=O) groups excluding carboxylic acids is 2. The summed E-state index contributed by atoms with van der Waals surface area (Å²) in [5, 5.41) is 2.83. The van der Waals surface area contributed by atoms with Crippen molar-refractivity contribution in [3.8, 4) is 5.75 Å². The van der Waals surface area contributed by atoms with E-state index < -0.39 is 23.7 Å². The van der Waals surface area contributed by atoms with E-state index in [-0.39, 0.29) is 11.5 Å². The lowest BCUT2D eigenvalue weighted by Crippen LogP contribution is -2.47. The molecule has 2 N–H and O–H groups in total. The van der Waals surface area contributed by atoms with Crippen LogP contribution < -0.4 is 15.6 Å². The molecule has 32 heavy (non-hydrogen) atoms. The third-order valence-corrected chi connectivity index (χ3v) is 6.72. The van der Waals surface area contributed by atoms with Crippen LogP contribution in [0.2, 0.25) is 0 Å². The first-order chi connectivity index (χ1) is 15.5. The summed E-state index contributed by atoms with van der Waals surface area (Å²) >= 11 is 3.22. The van der Waals surface area contributed by atoms with Gasteiger partial charge in [0.2, 0.25) is 0 Å². The van der Waals surface area contributed by atoms with Gasteiger partial charge in [0.05, 0.1) is 4.21 Å². The number of fused-ring (bicyclic) bond motifs is 1. The second kappa shape index (κ2) is 9.88. The Morgan fingerprint density at radius 2 is 1.88 bits per heavy atom. The van der Waals surface area contributed by atoms with Crippen LogP contribution in [-0.2, 0) is 10.5 Å². The van der Waals surface area contributed by atoms with Crippen molar-refractivity contribution in [2.24, 2.45) is 0 Å². The Labute approximate surface area is 191 Å². The van der Waals surface area contributed by atoms with Crippen LogP contribution in [0.25, 0.3) is 11.0 Å². The van der Waals surface area contributed by atoms with Gasteiger partial charge in [-0.05, 0) is 36.6 Å². The van der Waals surface area contributed by atoms with E-state index >= 15 is 0 Å². The van der Waals surface area contributed by atoms with Crippen molar-refractivity contribution in [1.82, 2.24) is 10.9 Å². The summed E-state index contributed by atoms with van der Waals surface area (Å²) in [5.41, 5.74) is 6.00. The highest BCUT2D eigenvalue weighted by atomic mass is 32.2. The topological polar surface area (TPSA) is 80.6 Å². The first-order valence-corrected chi connectivity index (χ1v) is 11.6. The zero-order chi connectivity index (χ0) is 22.5. The van der Waals surface area contributed by atoms with Gasteiger partial charge in [-0.15, -0.1) is 23.1 Å². The molecule has 2 aromatic heterocycles. The smallest absolute Gasteiger partial charge is 0.305 e. The number of hydrogen-bond donors (Lipinski definition) is 2. The van der Waals surface area contributed by atoms with Crippen molar-refractivity contribution in [1.29, 1.82) is 0 Å². The fourth-order valence-corrected chi connectivity index (χ4v) is 4.79. The Kier molecular flexibility index (Phi) is 6.77. The van der Waals surface area contributed by atoms with Gasteiger partial charge in [-0.3, -0.25) is 20.4 Å². The summed E-state index contributed by atoms with van der Waals surface area (Å²) in [5.74, 6) is -1.20. The molecule has 0 aliphatic rings. The lowest BCUT2D eigenvalue weighted by atomic mass is 10.1. The lowest BCUT2D eigenvalue weighted by molar-refractivity contribution is -0.128. The van der Waals surface area contributed by atoms with Crippen molar-refractivity contribution in [3.05, 3.63) is 83.2 Å². The Balaban J connectivity index is 1.44. The van der Waals surface area contributed by atoms with Gasteiger partial charge in [0.15, 0.2) is 23.4 Å². The average molecular weight is 471 g/mol. The van der Waals surface area contributed by atoms with Crippen molar-refractivity contribution < 1.29 is 23.1 Å². The molecule has 4 rings (SSSR count). The monoisotopic (exact) mass is 470 g/mol. The van der Waals surface area contributed by atoms with E-state index in [0.29, 0.717) is 11.3 Å². The molecule has 6 nitrogen and oxygen atoms in total. The van der Waals surface area contributed by atoms with Gasteiger partial charge >= 0.3 is 5.91 Å². The van der Waals surface area contributed by atoms with Crippen molar-refractivity contribution in [2.45, 2.75) is 23.0 Å². The molecule has 0 fully saturated rings. The van der Waals surface area contributed by atoms with Gasteiger partial charge in [-0.25, -0.2) is 4.39 Å². The summed E-state index contributed by atoms with van der Waals surface area (Å²) in [7, 11) is 0. The predicted octanol–water partition coefficient (Wildman–Crippen LogP) is 5.15. The van der Waals surface area contributed by atoms with Crippen LogP contribution in [0.4, 0.5) is 4.39 Å². The number of furan rings is 1. The number of hydrogen-bond acceptors (Lipinski definition) is 6. The number of thioether (sulfide) groups is 1. The molecule has 0 saturated carbocycles. The Morgan fingerprint density at radius 3 is 2.66 bits per heavy atom. The molecule has 0 aliphatic carbocycles. The first-order valence-electron chi connectivity index (χ1n) is 9.71. The standard InChI is InChI=1S/C23H19FN2O4S2/c1-14(29-19-10-5-3-8-17(19)24)22(27)25-26-23(28)21-16(13-32-20-11-6-12-31-20)15-7-2-4-9-18(15)30-21/h2-12,14H,13H2,1H3,(H,25,27)(H,26,28). The molecular weight excluding hydrogens is 451 g/mol. The minimum Gasteiger partial charge on any atom is -0.478 e. The fourth-order valence-electron chi connectivity index (χ4n) is 2.98. The van der Waals surface area contributed by atoms with E-state index in [2.05, 4.69) is 10.9 Å². The molecule has 164 valence electrons. The number of amides is 2. The van der Waals surface area contributed by atoms with Crippen molar-refractivity contribution >= 4 is 45.9 Å². The summed E-state index contributed by atoms with van der Waals surface area (Å²) in [4.78, 5) is 25.1. The molecule has 1 atom stereocenters. The molecule has 0 aliphatic heterocycles. The number of benzene rings is 2. The number of para-hydroxylation sites is 2. The maximum Gasteiger partial charge on any atom is 0.305 e. The van der Waals surface area contributed by atoms with E-state index in [1.165, 1.54) is 25.1 Å². The molecular formula is C23H19FN2O4S2. The molecule has 4 aromatic rings. The van der Waals surface area contributed by atoms with Crippen LogP contribution in [0.5, 0.6) is 5.75 Å². The molecule has 0 spiro atoms. The van der Waals surface area contributed by atoms with E-state index in [1.807, 2.05) is 35.7 Å². The van der Waals surface area contributed by atoms with Crippen LogP contribution in [0.1, 0.15) is 23.0 Å². The average Bonchev–Trinajstić information content (AvgIpc) is 3.45. The fraction of sp³-hybridized carbons (Fsp3) is 0.130. The maximum atomic E-state index is 13.7. The molecule has 2 aromatic carbocycles. The number of carbonyl (C=O) groups is 2. The van der Waals surface area contributed by atoms with Gasteiger partial charge in [0.25, 0.3) is 5.91 Å². The molecule has 0 radical (unpaired) electrons. The summed E-state index contributed by atoms with van der Waals surface area (Å²) in [6, 6.07) is 17.1. The lowest BCUT2D eigenvalue weighted by Gasteiger charge is -2.15. The zero-order valence-electron chi connectivity index (χ0n) is 17.0. The number of ether oxygens (including phenoxy) is 1. The highest BCUT2D eigenvalue weighted by Gasteiger charge is 2.23. The summed E-state index contributed by atoms with van der Waals surface area (Å²) in [6.07, 6.45) is -1.03. The maximum absolute atomic E-state index is 13.7. The van der Waals surface area contributed by atoms with Crippen molar-refractivity contribution in [3.63, 3.8) is 0 Å². The van der Waals surface area contributed by atoms with E-state index in [0.717, 1.165) is 15.2 Å². The molecule has 2 amide bonds. The second-order valence-electron chi connectivity index (χ2n) is 6.76. The van der Waals surface area contributed by atoms with Gasteiger partial charge in [-0.2, -0.15) is 0 Å². The molecule has 9 heteroatoms. The third kappa shape index (κ3) is 4.95. The number of rotatable bonds is 7. The van der Waals surface area contributed by atoms with Gasteiger partial charge in [-0.1, -0.05) is 36.4 Å². The van der Waals surface area contributed by atoms with Crippen LogP contribution in [0.3, 0.4) is 0 Å². The quantitative estimate of drug-likeness (QED) is 0.288. The summed E-state index contributed by atoms with van der Waals surface area (Å²) < 4.78 is 26.0. The first kappa shape index (κ1) is 21.9. The molecule has 0 saturated heterocycles. The number of hydrazine groups is 1. The summed E-state index contributed by atoms with van der Waals surface area (Å²) in [6.45, 7) is 1.46. The van der Waals surface area contributed by atoms with Gasteiger partial charge in [0, 0.05) is 16.7 Å². The van der Waals surface area contributed by atoms with Crippen molar-refractivity contribution in [2.75, 3.05) is 0 Å². The van der Waals surface area contributed by atoms with E-state index in [1.54, 1.807) is 35.2 Å². The molecule has 2 heterocycles. The Hall–Kier alpha value is -3.30. The third-order valence-electron chi connectivity index (χ3n) is 4.57. The minimum atomic E-state index is -1.03. The predicted molar refractivity (Wildman–Crippen MR) is 122 cm³/mol. The minimum absolute atomic E-state index is 0.0494. The van der Waals surface area contributed by atoms with E-state index in [9.17, 15) is 14.0 Å². The number of thiophene rings is 1. The normalized spacial score (nSPS) is 11.8. The van der Waals surface area contributed by atoms with Crippen LogP contribution in [-0.4, -0.2) is 17.9 Å². The largest absolute Gasteiger partial charge is 0.478 e. The number of nitrogens with one attached hydrogen (secondary N) is 2. The van der Waals surface area contributed by atoms with Gasteiger partial charge in [0.1, 0.15) is 5.58 Å². The highest BCUT2D eigenvalue weighted by Crippen LogP contribution is 2.33. The highest BCUT2D eigenvalue weighted by molar-refractivity contribution is 8.00. The van der Waals surface area contributed by atoms with Gasteiger partial charge < -0.3 is 9.15 Å². The zero-order valence-corrected chi connectivity index (χ0v) is 18.6.